The third-order valence-corrected chi connectivity index (χ3v) is 4.89. The van der Waals surface area contributed by atoms with Gasteiger partial charge in [0.05, 0.1) is 0 Å². The summed E-state index contributed by atoms with van der Waals surface area (Å²) in [6.45, 7) is 5.93. The van der Waals surface area contributed by atoms with Crippen LogP contribution in [0.1, 0.15) is 40.0 Å². The van der Waals surface area contributed by atoms with E-state index in [0.717, 1.165) is 11.3 Å². The SMILES string of the molecule is C[C@@H]1CC(C)(C)C[C@@]2(C1)NC(=O)N(CC(=O)Oc1ccccc1)C2=O. The molecule has 6 heteroatoms. The zero-order valence-electron chi connectivity index (χ0n) is 14.9. The van der Waals surface area contributed by atoms with Gasteiger partial charge in [-0.25, -0.2) is 9.59 Å². The van der Waals surface area contributed by atoms with Crippen LogP contribution in [0.15, 0.2) is 30.3 Å². The van der Waals surface area contributed by atoms with Crippen LogP contribution in [-0.2, 0) is 9.59 Å². The van der Waals surface area contributed by atoms with E-state index < -0.39 is 17.5 Å². The van der Waals surface area contributed by atoms with E-state index in [2.05, 4.69) is 26.1 Å². The Balaban J connectivity index is 1.72. The number of nitrogens with zero attached hydrogens (tertiary/aromatic N) is 1. The van der Waals surface area contributed by atoms with E-state index in [0.29, 0.717) is 24.5 Å². The smallest absolute Gasteiger partial charge is 0.331 e. The van der Waals surface area contributed by atoms with E-state index >= 15 is 0 Å². The minimum atomic E-state index is -0.898. The molecular formula is C19H24N2O4. The molecule has 134 valence electrons. The maximum Gasteiger partial charge on any atom is 0.331 e. The lowest BCUT2D eigenvalue weighted by Gasteiger charge is -2.43. The number of imide groups is 1. The normalized spacial score (nSPS) is 28.1. The summed E-state index contributed by atoms with van der Waals surface area (Å²) >= 11 is 0. The maximum atomic E-state index is 12.9. The average molecular weight is 344 g/mol. The zero-order valence-corrected chi connectivity index (χ0v) is 14.9. The van der Waals surface area contributed by atoms with Gasteiger partial charge in [0.2, 0.25) is 0 Å². The zero-order chi connectivity index (χ0) is 18.2. The van der Waals surface area contributed by atoms with Gasteiger partial charge < -0.3 is 10.1 Å². The molecule has 1 aliphatic carbocycles. The number of nitrogens with one attached hydrogen (secondary N) is 1. The Morgan fingerprint density at radius 1 is 1.24 bits per heavy atom. The van der Waals surface area contributed by atoms with E-state index in [1.165, 1.54) is 0 Å². The van der Waals surface area contributed by atoms with Crippen LogP contribution < -0.4 is 10.1 Å². The van der Waals surface area contributed by atoms with Crippen LogP contribution in [0.3, 0.4) is 0 Å². The first kappa shape index (κ1) is 17.5. The van der Waals surface area contributed by atoms with Gasteiger partial charge in [-0.15, -0.1) is 0 Å². The average Bonchev–Trinajstić information content (AvgIpc) is 2.70. The molecule has 0 bridgehead atoms. The molecule has 1 aliphatic heterocycles. The number of para-hydroxylation sites is 1. The van der Waals surface area contributed by atoms with Crippen molar-refractivity contribution in [1.82, 2.24) is 10.2 Å². The third kappa shape index (κ3) is 3.52. The largest absolute Gasteiger partial charge is 0.425 e. The van der Waals surface area contributed by atoms with Crippen molar-refractivity contribution < 1.29 is 19.1 Å². The molecule has 1 aromatic carbocycles. The van der Waals surface area contributed by atoms with Crippen molar-refractivity contribution in [2.75, 3.05) is 6.54 Å². The summed E-state index contributed by atoms with van der Waals surface area (Å²) in [4.78, 5) is 38.4. The molecule has 3 amide bonds. The molecule has 3 rings (SSSR count). The lowest BCUT2D eigenvalue weighted by molar-refractivity contribution is -0.142. The van der Waals surface area contributed by atoms with E-state index in [4.69, 9.17) is 4.74 Å². The fourth-order valence-corrected chi connectivity index (χ4v) is 4.43. The highest BCUT2D eigenvalue weighted by Crippen LogP contribution is 2.46. The van der Waals surface area contributed by atoms with Crippen LogP contribution >= 0.6 is 0 Å². The summed E-state index contributed by atoms with van der Waals surface area (Å²) < 4.78 is 5.20. The molecule has 6 nitrogen and oxygen atoms in total. The van der Waals surface area contributed by atoms with Crippen molar-refractivity contribution in [2.24, 2.45) is 11.3 Å². The van der Waals surface area contributed by atoms with Crippen LogP contribution in [0.2, 0.25) is 0 Å². The fraction of sp³-hybridized carbons (Fsp3) is 0.526. The Morgan fingerprint density at radius 2 is 1.92 bits per heavy atom. The van der Waals surface area contributed by atoms with Crippen molar-refractivity contribution in [3.63, 3.8) is 0 Å². The van der Waals surface area contributed by atoms with Gasteiger partial charge in [-0.3, -0.25) is 9.69 Å². The highest BCUT2D eigenvalue weighted by molar-refractivity contribution is 6.08. The number of rotatable bonds is 3. The van der Waals surface area contributed by atoms with E-state index in [1.807, 2.05) is 6.07 Å². The van der Waals surface area contributed by atoms with Crippen molar-refractivity contribution >= 4 is 17.9 Å². The topological polar surface area (TPSA) is 75.7 Å². The second-order valence-corrected chi connectivity index (χ2v) is 8.05. The number of hydrogen-bond acceptors (Lipinski definition) is 4. The molecule has 0 aromatic heterocycles. The monoisotopic (exact) mass is 344 g/mol. The molecule has 2 atom stereocenters. The summed E-state index contributed by atoms with van der Waals surface area (Å²) in [7, 11) is 0. The number of carbonyl (C=O) groups is 3. The number of benzene rings is 1. The van der Waals surface area contributed by atoms with Gasteiger partial charge in [-0.05, 0) is 42.7 Å². The summed E-state index contributed by atoms with van der Waals surface area (Å²) in [5, 5.41) is 2.85. The van der Waals surface area contributed by atoms with E-state index in [-0.39, 0.29) is 17.9 Å². The molecule has 25 heavy (non-hydrogen) atoms. The first-order valence-corrected chi connectivity index (χ1v) is 8.61. The summed E-state index contributed by atoms with van der Waals surface area (Å²) in [6, 6.07) is 8.09. The van der Waals surface area contributed by atoms with Gasteiger partial charge >= 0.3 is 12.0 Å². The second-order valence-electron chi connectivity index (χ2n) is 8.05. The predicted octanol–water partition coefficient (Wildman–Crippen LogP) is 2.73. The Bertz CT molecular complexity index is 701. The fourth-order valence-electron chi connectivity index (χ4n) is 4.43. The second kappa shape index (κ2) is 6.17. The molecule has 0 unspecified atom stereocenters. The predicted molar refractivity (Wildman–Crippen MR) is 91.8 cm³/mol. The molecule has 1 saturated heterocycles. The summed E-state index contributed by atoms with van der Waals surface area (Å²) in [5.41, 5.74) is -0.938. The number of carbonyl (C=O) groups excluding carboxylic acids is 3. The quantitative estimate of drug-likeness (QED) is 0.520. The highest BCUT2D eigenvalue weighted by Gasteiger charge is 2.56. The molecule has 1 aromatic rings. The van der Waals surface area contributed by atoms with Crippen molar-refractivity contribution in [3.05, 3.63) is 30.3 Å². The van der Waals surface area contributed by atoms with Gasteiger partial charge in [0.15, 0.2) is 0 Å². The third-order valence-electron chi connectivity index (χ3n) is 4.89. The van der Waals surface area contributed by atoms with Gasteiger partial charge in [-0.1, -0.05) is 39.0 Å². The standard InChI is InChI=1S/C19H24N2O4/c1-13-9-18(2,3)12-19(10-13)16(23)21(17(24)20-19)11-15(22)25-14-7-5-4-6-8-14/h4-8,13H,9-12H2,1-3H3,(H,20,24)/t13-,19-/m1/s1. The van der Waals surface area contributed by atoms with Gasteiger partial charge in [0.25, 0.3) is 5.91 Å². The number of hydrogen-bond donors (Lipinski definition) is 1. The van der Waals surface area contributed by atoms with Crippen LogP contribution in [0.25, 0.3) is 0 Å². The van der Waals surface area contributed by atoms with Crippen molar-refractivity contribution in [3.8, 4) is 5.75 Å². The van der Waals surface area contributed by atoms with E-state index in [1.54, 1.807) is 24.3 Å². The van der Waals surface area contributed by atoms with E-state index in [9.17, 15) is 14.4 Å². The Kier molecular flexibility index (Phi) is 4.31. The Hall–Kier alpha value is -2.37. The number of esters is 1. The molecule has 1 heterocycles. The Morgan fingerprint density at radius 3 is 2.56 bits per heavy atom. The number of amides is 3. The van der Waals surface area contributed by atoms with Gasteiger partial charge in [0.1, 0.15) is 17.8 Å². The minimum Gasteiger partial charge on any atom is -0.425 e. The molecule has 2 fully saturated rings. The Labute approximate surface area is 147 Å². The number of urea groups is 1. The molecule has 2 aliphatic rings. The first-order chi connectivity index (χ1) is 11.7. The first-order valence-electron chi connectivity index (χ1n) is 8.61. The van der Waals surface area contributed by atoms with Crippen LogP contribution in [0, 0.1) is 11.3 Å². The lowest BCUT2D eigenvalue weighted by atomic mass is 9.64. The minimum absolute atomic E-state index is 0.0405. The molecule has 1 saturated carbocycles. The van der Waals surface area contributed by atoms with Gasteiger partial charge in [-0.2, -0.15) is 0 Å². The van der Waals surface area contributed by atoms with Gasteiger partial charge in [0, 0.05) is 0 Å². The summed E-state index contributed by atoms with van der Waals surface area (Å²) in [6.07, 6.45) is 2.19. The highest BCUT2D eigenvalue weighted by atomic mass is 16.5. The summed E-state index contributed by atoms with van der Waals surface area (Å²) in [5.74, 6) is -0.233. The van der Waals surface area contributed by atoms with Crippen LogP contribution in [0.4, 0.5) is 4.79 Å². The number of ether oxygens (including phenoxy) is 1. The van der Waals surface area contributed by atoms with Crippen molar-refractivity contribution in [2.45, 2.75) is 45.6 Å². The molecule has 1 spiro atoms. The molecule has 0 radical (unpaired) electrons. The molecular weight excluding hydrogens is 320 g/mol. The lowest BCUT2D eigenvalue weighted by Crippen LogP contribution is -2.54. The van der Waals surface area contributed by atoms with Crippen LogP contribution in [0.5, 0.6) is 5.75 Å². The van der Waals surface area contributed by atoms with Crippen LogP contribution in [-0.4, -0.2) is 34.9 Å². The maximum absolute atomic E-state index is 12.9. The molecule has 1 N–H and O–H groups in total. The van der Waals surface area contributed by atoms with Crippen molar-refractivity contribution in [1.29, 1.82) is 0 Å².